The highest BCUT2D eigenvalue weighted by molar-refractivity contribution is 5.91. The van der Waals surface area contributed by atoms with Gasteiger partial charge in [-0.1, -0.05) is 36.4 Å². The van der Waals surface area contributed by atoms with Crippen molar-refractivity contribution >= 4 is 35.7 Å². The predicted octanol–water partition coefficient (Wildman–Crippen LogP) is 3.83. The number of rotatable bonds is 9. The molecule has 9 nitrogen and oxygen atoms in total. The quantitative estimate of drug-likeness (QED) is 0.210. The highest BCUT2D eigenvalue weighted by Gasteiger charge is 2.15. The third-order valence-corrected chi connectivity index (χ3v) is 5.32. The number of methoxy groups -OCH3 is 4. The van der Waals surface area contributed by atoms with Crippen LogP contribution in [-0.2, 0) is 11.2 Å². The number of allylic oxidation sites excluding steroid dienone is 1. The van der Waals surface area contributed by atoms with E-state index in [-0.39, 0.29) is 12.4 Å². The fourth-order valence-corrected chi connectivity index (χ4v) is 3.39. The van der Waals surface area contributed by atoms with E-state index in [2.05, 4.69) is 6.07 Å². The van der Waals surface area contributed by atoms with E-state index >= 15 is 0 Å². The van der Waals surface area contributed by atoms with Crippen LogP contribution in [0.25, 0.3) is 11.6 Å². The Bertz CT molecular complexity index is 1250. The van der Waals surface area contributed by atoms with Crippen LogP contribution in [0.3, 0.4) is 0 Å². The molecule has 0 spiro atoms. The van der Waals surface area contributed by atoms with E-state index in [1.165, 1.54) is 21.3 Å². The van der Waals surface area contributed by atoms with E-state index in [1.54, 1.807) is 37.5 Å². The smallest absolute Gasteiger partial charge is 0.234 e. The number of nitrogens with two attached hydrogens (primary N) is 3. The number of halogens is 1. The lowest BCUT2D eigenvalue weighted by Gasteiger charge is -2.14. The van der Waals surface area contributed by atoms with E-state index in [4.69, 9.17) is 36.1 Å². The molecule has 6 N–H and O–H groups in total. The zero-order valence-corrected chi connectivity index (χ0v) is 22.6. The maximum atomic E-state index is 10.6. The first-order valence-corrected chi connectivity index (χ1v) is 11.2. The lowest BCUT2D eigenvalue weighted by atomic mass is 10.0. The van der Waals surface area contributed by atoms with E-state index < -0.39 is 11.9 Å². The van der Waals surface area contributed by atoms with Crippen molar-refractivity contribution < 1.29 is 23.7 Å². The van der Waals surface area contributed by atoms with Crippen molar-refractivity contribution in [2.45, 2.75) is 12.5 Å². The van der Waals surface area contributed by atoms with Gasteiger partial charge in [0.05, 0.1) is 51.8 Å². The van der Waals surface area contributed by atoms with Gasteiger partial charge in [0, 0.05) is 0 Å². The summed E-state index contributed by atoms with van der Waals surface area (Å²) in [5.41, 5.74) is 19.8. The first kappa shape index (κ1) is 31.6. The summed E-state index contributed by atoms with van der Waals surface area (Å²) in [6.45, 7) is 0. The summed E-state index contributed by atoms with van der Waals surface area (Å²) in [6, 6.07) is 20.0. The molecule has 3 aromatic rings. The summed E-state index contributed by atoms with van der Waals surface area (Å²) >= 11 is 0. The Morgan fingerprint density at radius 1 is 0.921 bits per heavy atom. The fraction of sp³-hybridized carbons (Fsp3) is 0.214. The number of anilines is 1. The van der Waals surface area contributed by atoms with E-state index in [0.29, 0.717) is 46.2 Å². The summed E-state index contributed by atoms with van der Waals surface area (Å²) in [7, 11) is 6.14. The van der Waals surface area contributed by atoms with Gasteiger partial charge in [-0.2, -0.15) is 5.26 Å². The number of nitrogens with zero attached hydrogens (tertiary/aromatic N) is 1. The molecule has 10 heteroatoms. The van der Waals surface area contributed by atoms with Crippen molar-refractivity contribution in [1.82, 2.24) is 0 Å². The maximum Gasteiger partial charge on any atom is 0.234 e. The summed E-state index contributed by atoms with van der Waals surface area (Å²) in [5.74, 6) is 1.56. The number of carbonyl (C=O) groups is 1. The Morgan fingerprint density at radius 3 is 1.95 bits per heavy atom. The first-order valence-electron chi connectivity index (χ1n) is 11.2. The van der Waals surface area contributed by atoms with Gasteiger partial charge >= 0.3 is 0 Å². The predicted molar refractivity (Wildman–Crippen MR) is 152 cm³/mol. The SMILES string of the molecule is COc1ccc(C=C(C#N)c2cc(OC)c(OC)c(OC)c2)cc1N.Cl.NC(=O)[C@@H](N)Cc1ccccc1. The molecule has 1 amide bonds. The lowest BCUT2D eigenvalue weighted by molar-refractivity contribution is -0.119. The van der Waals surface area contributed by atoms with Crippen molar-refractivity contribution in [1.29, 1.82) is 5.26 Å². The van der Waals surface area contributed by atoms with Gasteiger partial charge in [-0.05, 0) is 53.5 Å². The molecule has 0 fully saturated rings. The molecule has 0 aliphatic heterocycles. The van der Waals surface area contributed by atoms with Crippen LogP contribution in [0, 0.1) is 11.3 Å². The average molecular weight is 541 g/mol. The molecule has 0 bridgehead atoms. The largest absolute Gasteiger partial charge is 0.495 e. The highest BCUT2D eigenvalue weighted by atomic mass is 35.5. The average Bonchev–Trinajstić information content (AvgIpc) is 2.91. The molecule has 0 heterocycles. The van der Waals surface area contributed by atoms with Crippen LogP contribution >= 0.6 is 12.4 Å². The van der Waals surface area contributed by atoms with Crippen molar-refractivity contribution in [2.75, 3.05) is 34.2 Å². The zero-order chi connectivity index (χ0) is 27.4. The number of nitriles is 1. The van der Waals surface area contributed by atoms with Crippen LogP contribution in [0.15, 0.2) is 60.7 Å². The molecular formula is C28H33ClN4O5. The summed E-state index contributed by atoms with van der Waals surface area (Å²) in [4.78, 5) is 10.6. The Hall–Kier alpha value is -4.39. The van der Waals surface area contributed by atoms with Gasteiger partial charge in [-0.15, -0.1) is 12.4 Å². The highest BCUT2D eigenvalue weighted by Crippen LogP contribution is 2.40. The molecule has 0 radical (unpaired) electrons. The zero-order valence-electron chi connectivity index (χ0n) is 21.8. The molecule has 0 saturated heterocycles. The summed E-state index contributed by atoms with van der Waals surface area (Å²) in [5, 5.41) is 9.58. The molecule has 3 rings (SSSR count). The van der Waals surface area contributed by atoms with Gasteiger partial charge in [0.2, 0.25) is 11.7 Å². The molecule has 202 valence electrons. The van der Waals surface area contributed by atoms with Crippen LogP contribution < -0.4 is 36.1 Å². The van der Waals surface area contributed by atoms with Crippen LogP contribution in [0.5, 0.6) is 23.0 Å². The molecule has 0 aliphatic carbocycles. The van der Waals surface area contributed by atoms with E-state index in [1.807, 2.05) is 36.4 Å². The van der Waals surface area contributed by atoms with Crippen molar-refractivity contribution in [3.8, 4) is 29.1 Å². The van der Waals surface area contributed by atoms with Gasteiger partial charge in [-0.3, -0.25) is 4.79 Å². The molecule has 38 heavy (non-hydrogen) atoms. The second kappa shape index (κ2) is 15.7. The minimum Gasteiger partial charge on any atom is -0.495 e. The number of carbonyl (C=O) groups excluding carboxylic acids is 1. The van der Waals surface area contributed by atoms with Gasteiger partial charge < -0.3 is 36.1 Å². The van der Waals surface area contributed by atoms with Crippen molar-refractivity contribution in [2.24, 2.45) is 11.5 Å². The second-order valence-electron chi connectivity index (χ2n) is 7.78. The third-order valence-electron chi connectivity index (χ3n) is 5.32. The number of amides is 1. The first-order chi connectivity index (χ1) is 17.8. The van der Waals surface area contributed by atoms with Gasteiger partial charge in [-0.25, -0.2) is 0 Å². The van der Waals surface area contributed by atoms with Crippen LogP contribution in [0.2, 0.25) is 0 Å². The molecule has 1 atom stereocenters. The number of primary amides is 1. The normalized spacial score (nSPS) is 11.0. The lowest BCUT2D eigenvalue weighted by Crippen LogP contribution is -2.38. The van der Waals surface area contributed by atoms with Crippen LogP contribution in [-0.4, -0.2) is 40.4 Å². The number of hydrogen-bond donors (Lipinski definition) is 3. The third kappa shape index (κ3) is 8.62. The number of benzene rings is 3. The van der Waals surface area contributed by atoms with Crippen molar-refractivity contribution in [3.63, 3.8) is 0 Å². The van der Waals surface area contributed by atoms with E-state index in [9.17, 15) is 10.1 Å². The van der Waals surface area contributed by atoms with Crippen LogP contribution in [0.4, 0.5) is 5.69 Å². The number of nitrogen functional groups attached to an aromatic ring is 1. The Morgan fingerprint density at radius 2 is 1.50 bits per heavy atom. The Kier molecular flexibility index (Phi) is 13.0. The van der Waals surface area contributed by atoms with Gasteiger partial charge in [0.25, 0.3) is 0 Å². The molecular weight excluding hydrogens is 508 g/mol. The topological polar surface area (TPSA) is 156 Å². The fourth-order valence-electron chi connectivity index (χ4n) is 3.39. The minimum atomic E-state index is -0.576. The Balaban J connectivity index is 0.000000468. The second-order valence-corrected chi connectivity index (χ2v) is 7.78. The van der Waals surface area contributed by atoms with Crippen molar-refractivity contribution in [3.05, 3.63) is 77.4 Å². The van der Waals surface area contributed by atoms with Gasteiger partial charge in [0.15, 0.2) is 11.5 Å². The summed E-state index contributed by atoms with van der Waals surface area (Å²) in [6.07, 6.45) is 2.24. The standard InChI is InChI=1S/C19H20N2O4.C9H12N2O.ClH/c1-22-16-6-5-12(8-15(16)21)7-14(11-20)13-9-17(23-2)19(25-4)18(10-13)24-3;10-8(9(11)12)6-7-4-2-1-3-5-7;/h5-10H,21H2,1-4H3;1-5,8H,6,10H2,(H2,11,12);1H/t;8-;/m.0./s1. The summed E-state index contributed by atoms with van der Waals surface area (Å²) < 4.78 is 21.1. The Labute approximate surface area is 229 Å². The maximum absolute atomic E-state index is 10.6. The number of ether oxygens (including phenoxy) is 4. The van der Waals surface area contributed by atoms with Crippen LogP contribution in [0.1, 0.15) is 16.7 Å². The molecule has 0 unspecified atom stereocenters. The molecule has 0 saturated carbocycles. The molecule has 3 aromatic carbocycles. The monoisotopic (exact) mass is 540 g/mol. The molecule has 0 aromatic heterocycles. The number of hydrogen-bond acceptors (Lipinski definition) is 8. The minimum absolute atomic E-state index is 0. The molecule has 0 aliphatic rings. The van der Waals surface area contributed by atoms with E-state index in [0.717, 1.165) is 11.1 Å². The van der Waals surface area contributed by atoms with Gasteiger partial charge in [0.1, 0.15) is 5.75 Å².